The fraction of sp³-hybridized carbons (Fsp3) is 0.426. The third-order valence-corrected chi connectivity index (χ3v) is 13.9. The zero-order valence-corrected chi connectivity index (χ0v) is 35.3. The number of carbonyl (C=O) groups excluding carboxylic acids is 4. The number of ether oxygens (including phenoxy) is 1. The molecule has 5 aliphatic rings. The Morgan fingerprint density at radius 2 is 1.61 bits per heavy atom. The first-order chi connectivity index (χ1) is 29.4. The smallest absolute Gasteiger partial charge is 0.262 e. The zero-order chi connectivity index (χ0) is 42.5. The molecule has 1 aliphatic carbocycles. The van der Waals surface area contributed by atoms with Crippen molar-refractivity contribution >= 4 is 46.9 Å². The second-order valence-electron chi connectivity index (χ2n) is 17.9. The topological polar surface area (TPSA) is 152 Å². The van der Waals surface area contributed by atoms with Gasteiger partial charge in [0.2, 0.25) is 17.8 Å². The first-order valence-corrected chi connectivity index (χ1v) is 21.6. The Kier molecular flexibility index (Phi) is 10.8. The maximum absolute atomic E-state index is 13.4. The lowest BCUT2D eigenvalue weighted by molar-refractivity contribution is -0.136. The van der Waals surface area contributed by atoms with Crippen LogP contribution < -0.4 is 19.9 Å². The summed E-state index contributed by atoms with van der Waals surface area (Å²) in [6, 6.07) is 22.0. The first kappa shape index (κ1) is 40.6. The predicted octanol–water partition coefficient (Wildman–Crippen LogP) is 6.13. The highest BCUT2D eigenvalue weighted by Crippen LogP contribution is 2.53. The zero-order valence-electron chi connectivity index (χ0n) is 34.5. The van der Waals surface area contributed by atoms with Gasteiger partial charge in [0.25, 0.3) is 11.8 Å². The summed E-state index contributed by atoms with van der Waals surface area (Å²) in [6.45, 7) is 11.1. The van der Waals surface area contributed by atoms with Crippen LogP contribution in [0.2, 0.25) is 5.02 Å². The third-order valence-electron chi connectivity index (χ3n) is 13.6. The number of nitriles is 1. The third kappa shape index (κ3) is 8.07. The molecule has 1 aromatic heterocycles. The highest BCUT2D eigenvalue weighted by atomic mass is 35.5. The van der Waals surface area contributed by atoms with Crippen molar-refractivity contribution in [1.82, 2.24) is 25.1 Å². The maximum Gasteiger partial charge on any atom is 0.262 e. The lowest BCUT2D eigenvalue weighted by Crippen LogP contribution is -2.54. The molecule has 1 N–H and O–H groups in total. The van der Waals surface area contributed by atoms with Crippen LogP contribution in [0.15, 0.2) is 72.9 Å². The van der Waals surface area contributed by atoms with Crippen molar-refractivity contribution in [3.63, 3.8) is 0 Å². The van der Waals surface area contributed by atoms with Gasteiger partial charge in [-0.25, -0.2) is 9.97 Å². The number of imide groups is 2. The number of nitrogens with zero attached hydrogens (tertiary/aromatic N) is 7. The lowest BCUT2D eigenvalue weighted by atomic mass is 9.57. The fourth-order valence-electron chi connectivity index (χ4n) is 10.0. The van der Waals surface area contributed by atoms with Crippen molar-refractivity contribution in [3.8, 4) is 11.8 Å². The Balaban J connectivity index is 0.717. The largest absolute Gasteiger partial charge is 0.487 e. The highest BCUT2D eigenvalue weighted by Gasteiger charge is 2.47. The van der Waals surface area contributed by atoms with Gasteiger partial charge in [-0.3, -0.25) is 34.3 Å². The summed E-state index contributed by atoms with van der Waals surface area (Å²) in [5.74, 6) is 0.255. The van der Waals surface area contributed by atoms with Gasteiger partial charge in [0.05, 0.1) is 28.5 Å². The van der Waals surface area contributed by atoms with Crippen molar-refractivity contribution in [2.75, 3.05) is 55.6 Å². The van der Waals surface area contributed by atoms with Gasteiger partial charge in [0.15, 0.2) is 0 Å². The molecule has 14 heteroatoms. The van der Waals surface area contributed by atoms with Crippen molar-refractivity contribution in [2.24, 2.45) is 11.3 Å². The number of piperazine rings is 1. The predicted molar refractivity (Wildman–Crippen MR) is 229 cm³/mol. The van der Waals surface area contributed by atoms with Gasteiger partial charge in [-0.2, -0.15) is 5.26 Å². The van der Waals surface area contributed by atoms with Crippen LogP contribution in [0.25, 0.3) is 0 Å². The van der Waals surface area contributed by atoms with E-state index >= 15 is 0 Å². The molecule has 5 heterocycles. The molecule has 4 aliphatic heterocycles. The quantitative estimate of drug-likeness (QED) is 0.184. The van der Waals surface area contributed by atoms with E-state index in [1.165, 1.54) is 12.8 Å². The molecule has 3 saturated heterocycles. The molecule has 0 bridgehead atoms. The number of benzene rings is 3. The second kappa shape index (κ2) is 16.2. The summed E-state index contributed by atoms with van der Waals surface area (Å²) in [6.07, 6.45) is 6.83. The number of hydrogen-bond donors (Lipinski definition) is 1. The van der Waals surface area contributed by atoms with E-state index in [0.717, 1.165) is 97.8 Å². The molecule has 0 radical (unpaired) electrons. The minimum atomic E-state index is -0.965. The van der Waals surface area contributed by atoms with Crippen LogP contribution in [-0.2, 0) is 21.6 Å². The van der Waals surface area contributed by atoms with E-state index in [2.05, 4.69) is 57.0 Å². The summed E-state index contributed by atoms with van der Waals surface area (Å²) in [5, 5.41) is 12.2. The Bertz CT molecular complexity index is 2430. The van der Waals surface area contributed by atoms with Crippen LogP contribution in [0.3, 0.4) is 0 Å². The maximum atomic E-state index is 13.4. The SMILES string of the molecule is CC(C)(c1ccc(OCc2ccnc(N3CCC4(CC3)CC(CN3CCN(c5ccc6c(c5)C(=O)N(C5CCC(=O)NC5=O)C6=O)CC3)C4)n2)cc1)c1cc(Cl)cc(C#N)c1. The van der Waals surface area contributed by atoms with Crippen LogP contribution in [-0.4, -0.2) is 95.3 Å². The fourth-order valence-corrected chi connectivity index (χ4v) is 10.3. The Morgan fingerprint density at radius 3 is 2.33 bits per heavy atom. The van der Waals surface area contributed by atoms with Crippen LogP contribution in [0, 0.1) is 22.7 Å². The number of aromatic nitrogens is 2. The molecule has 3 aromatic carbocycles. The molecule has 1 unspecified atom stereocenters. The summed E-state index contributed by atoms with van der Waals surface area (Å²) >= 11 is 6.31. The molecule has 1 atom stereocenters. The number of anilines is 2. The van der Waals surface area contributed by atoms with E-state index < -0.39 is 23.8 Å². The van der Waals surface area contributed by atoms with E-state index in [4.69, 9.17) is 21.3 Å². The molecule has 4 fully saturated rings. The lowest BCUT2D eigenvalue weighted by Gasteiger charge is -2.53. The molecule has 9 rings (SSSR count). The summed E-state index contributed by atoms with van der Waals surface area (Å²) in [4.78, 5) is 68.2. The molecule has 1 saturated carbocycles. The molecular weight excluding hydrogens is 792 g/mol. The molecule has 13 nitrogen and oxygen atoms in total. The summed E-state index contributed by atoms with van der Waals surface area (Å²) in [5.41, 5.74) is 5.01. The van der Waals surface area contributed by atoms with E-state index in [0.29, 0.717) is 39.7 Å². The van der Waals surface area contributed by atoms with Gasteiger partial charge in [0.1, 0.15) is 18.4 Å². The van der Waals surface area contributed by atoms with Crippen molar-refractivity contribution in [1.29, 1.82) is 5.26 Å². The average Bonchev–Trinajstić information content (AvgIpc) is 3.50. The van der Waals surface area contributed by atoms with E-state index in [1.54, 1.807) is 18.2 Å². The monoisotopic (exact) mass is 840 g/mol. The molecule has 1 spiro atoms. The van der Waals surface area contributed by atoms with Crippen LogP contribution >= 0.6 is 11.6 Å². The standard InChI is InChI=1S/C47H49ClN8O5/c1-46(2,33-21-30(27-49)22-34(48)23-33)32-3-6-37(7-4-32)61-29-35-11-14-50-45(51-35)55-15-12-47(13-16-55)25-31(26-47)28-53-17-19-54(20-18-53)36-5-8-38-39(24-36)44(60)56(43(38)59)40-9-10-41(57)52-42(40)58/h3-8,11,14,21-24,31,40H,9-10,12-13,15-20,25-26,28-29H2,1-2H3,(H,52,57,58). The summed E-state index contributed by atoms with van der Waals surface area (Å²) < 4.78 is 6.15. The molecule has 4 amide bonds. The number of amides is 4. The number of piperidine rings is 2. The number of fused-ring (bicyclic) bond motifs is 1. The van der Waals surface area contributed by atoms with Crippen LogP contribution in [0.4, 0.5) is 11.6 Å². The van der Waals surface area contributed by atoms with Gasteiger partial charge in [0, 0.05) is 74.6 Å². The number of rotatable bonds is 10. The summed E-state index contributed by atoms with van der Waals surface area (Å²) in [7, 11) is 0. The van der Waals surface area contributed by atoms with Crippen LogP contribution in [0.1, 0.15) is 95.5 Å². The first-order valence-electron chi connectivity index (χ1n) is 21.2. The molecule has 314 valence electrons. The number of hydrogen-bond acceptors (Lipinski definition) is 11. The molecular formula is C47H49ClN8O5. The number of nitrogens with one attached hydrogen (secondary N) is 1. The highest BCUT2D eigenvalue weighted by molar-refractivity contribution is 6.30. The van der Waals surface area contributed by atoms with Gasteiger partial charge in [-0.05, 0) is 109 Å². The van der Waals surface area contributed by atoms with Crippen molar-refractivity contribution in [2.45, 2.75) is 70.4 Å². The van der Waals surface area contributed by atoms with Gasteiger partial charge >= 0.3 is 0 Å². The Labute approximate surface area is 360 Å². The van der Waals surface area contributed by atoms with E-state index in [9.17, 15) is 24.4 Å². The van der Waals surface area contributed by atoms with Gasteiger partial charge in [-0.15, -0.1) is 0 Å². The number of halogens is 1. The van der Waals surface area contributed by atoms with Crippen molar-refractivity contribution in [3.05, 3.63) is 111 Å². The van der Waals surface area contributed by atoms with Crippen LogP contribution in [0.5, 0.6) is 5.75 Å². The van der Waals surface area contributed by atoms with Gasteiger partial charge in [-0.1, -0.05) is 37.6 Å². The molecule has 4 aromatic rings. The minimum Gasteiger partial charge on any atom is -0.487 e. The number of carbonyl (C=O) groups is 4. The van der Waals surface area contributed by atoms with E-state index in [-0.39, 0.29) is 24.2 Å². The van der Waals surface area contributed by atoms with Gasteiger partial charge < -0.3 is 14.5 Å². The molecule has 61 heavy (non-hydrogen) atoms. The normalized spacial score (nSPS) is 20.7. The minimum absolute atomic E-state index is 0.0984. The van der Waals surface area contributed by atoms with Crippen molar-refractivity contribution < 1.29 is 23.9 Å². The Morgan fingerprint density at radius 1 is 0.869 bits per heavy atom. The second-order valence-corrected chi connectivity index (χ2v) is 18.3. The average molecular weight is 841 g/mol. The van der Waals surface area contributed by atoms with E-state index in [1.807, 2.05) is 42.6 Å². The Hall–Kier alpha value is -5.84.